The first-order valence-corrected chi connectivity index (χ1v) is 14.7. The van der Waals surface area contributed by atoms with Crippen LogP contribution in [0.5, 0.6) is 0 Å². The maximum atomic E-state index is 14.4. The van der Waals surface area contributed by atoms with Crippen molar-refractivity contribution in [2.45, 2.75) is 113 Å². The van der Waals surface area contributed by atoms with E-state index in [-0.39, 0.29) is 44.9 Å². The lowest BCUT2D eigenvalue weighted by Gasteiger charge is -2.70. The molecule has 4 fully saturated rings. The van der Waals surface area contributed by atoms with E-state index in [4.69, 9.17) is 4.74 Å². The van der Waals surface area contributed by atoms with Crippen molar-refractivity contribution in [3.63, 3.8) is 0 Å². The minimum atomic E-state index is -0.504. The molecule has 36 heavy (non-hydrogen) atoms. The number of hydrogen-bond acceptors (Lipinski definition) is 3. The molecule has 0 bridgehead atoms. The SMILES string of the molecule is C=C1CC[C@]2(C)C3=CC(=O)[C@@H]4[C@@H]5CC(C)(C)CC[C@]5(C(=O)OC)CC[C@@]4(C)[C@]3(C)CC[C@H]2C1(C)CC. The molecule has 3 heteroatoms. The predicted molar refractivity (Wildman–Crippen MR) is 145 cm³/mol. The van der Waals surface area contributed by atoms with E-state index in [0.29, 0.717) is 11.7 Å². The second kappa shape index (κ2) is 7.82. The van der Waals surface area contributed by atoms with Gasteiger partial charge in [-0.05, 0) is 109 Å². The van der Waals surface area contributed by atoms with E-state index in [1.165, 1.54) is 24.7 Å². The van der Waals surface area contributed by atoms with Crippen molar-refractivity contribution in [1.29, 1.82) is 0 Å². The first-order chi connectivity index (χ1) is 16.7. The Hall–Kier alpha value is -1.38. The average Bonchev–Trinajstić information content (AvgIpc) is 2.82. The molecular formula is C33H50O3. The van der Waals surface area contributed by atoms with Crippen LogP contribution in [-0.4, -0.2) is 18.9 Å². The Kier molecular flexibility index (Phi) is 5.70. The van der Waals surface area contributed by atoms with Gasteiger partial charge in [0.05, 0.1) is 12.5 Å². The zero-order valence-corrected chi connectivity index (χ0v) is 24.3. The molecule has 0 heterocycles. The van der Waals surface area contributed by atoms with Gasteiger partial charge in [-0.15, -0.1) is 0 Å². The number of methoxy groups -OCH3 is 1. The van der Waals surface area contributed by atoms with Gasteiger partial charge < -0.3 is 4.74 Å². The van der Waals surface area contributed by atoms with Crippen LogP contribution in [0.4, 0.5) is 0 Å². The van der Waals surface area contributed by atoms with E-state index in [2.05, 4.69) is 61.1 Å². The highest BCUT2D eigenvalue weighted by molar-refractivity contribution is 5.96. The van der Waals surface area contributed by atoms with Crippen molar-refractivity contribution in [3.05, 3.63) is 23.8 Å². The second-order valence-corrected chi connectivity index (χ2v) is 15.2. The van der Waals surface area contributed by atoms with Gasteiger partial charge in [0.25, 0.3) is 0 Å². The molecular weight excluding hydrogens is 444 g/mol. The topological polar surface area (TPSA) is 43.4 Å². The standard InChI is InChI=1S/C33H50O3/c1-10-29(5)21(2)11-13-30(6)24(29)12-14-31(7)25(30)19-23(34)26-22-20-28(3,4)15-17-33(22,27(35)36-9)18-16-32(26,31)8/h19,22,24,26H,2,10-18,20H2,1,3-9H3/t22-,24-,26-,29?,30-,31+,32+,33-/m0/s1. The molecule has 0 N–H and O–H groups in total. The maximum absolute atomic E-state index is 14.4. The summed E-state index contributed by atoms with van der Waals surface area (Å²) in [5, 5.41) is 0. The molecule has 0 radical (unpaired) electrons. The molecule has 0 amide bonds. The van der Waals surface area contributed by atoms with Crippen LogP contribution in [-0.2, 0) is 14.3 Å². The van der Waals surface area contributed by atoms with Gasteiger partial charge in [0.2, 0.25) is 0 Å². The summed E-state index contributed by atoms with van der Waals surface area (Å²) >= 11 is 0. The summed E-state index contributed by atoms with van der Waals surface area (Å²) in [5.74, 6) is 0.722. The molecule has 200 valence electrons. The maximum Gasteiger partial charge on any atom is 0.312 e. The lowest BCUT2D eigenvalue weighted by Crippen LogP contribution is -2.65. The number of rotatable bonds is 2. The Balaban J connectivity index is 1.65. The number of fused-ring (bicyclic) bond motifs is 7. The van der Waals surface area contributed by atoms with Crippen LogP contribution >= 0.6 is 0 Å². The van der Waals surface area contributed by atoms with Gasteiger partial charge in [0.1, 0.15) is 0 Å². The first-order valence-electron chi connectivity index (χ1n) is 14.7. The Bertz CT molecular complexity index is 1040. The van der Waals surface area contributed by atoms with E-state index < -0.39 is 5.41 Å². The van der Waals surface area contributed by atoms with E-state index in [9.17, 15) is 9.59 Å². The summed E-state index contributed by atoms with van der Waals surface area (Å²) in [6, 6.07) is 0. The van der Waals surface area contributed by atoms with Crippen LogP contribution in [0.1, 0.15) is 113 Å². The van der Waals surface area contributed by atoms with Crippen LogP contribution < -0.4 is 0 Å². The Morgan fingerprint density at radius 2 is 1.69 bits per heavy atom. The molecule has 5 aliphatic rings. The molecule has 0 aromatic heterocycles. The van der Waals surface area contributed by atoms with E-state index in [0.717, 1.165) is 57.8 Å². The van der Waals surface area contributed by atoms with Gasteiger partial charge in [0, 0.05) is 5.92 Å². The number of ether oxygens (including phenoxy) is 1. The number of carbonyl (C=O) groups excluding carboxylic acids is 2. The monoisotopic (exact) mass is 494 g/mol. The molecule has 3 nitrogen and oxygen atoms in total. The fraction of sp³-hybridized carbons (Fsp3) is 0.818. The summed E-state index contributed by atoms with van der Waals surface area (Å²) in [4.78, 5) is 27.8. The minimum Gasteiger partial charge on any atom is -0.469 e. The molecule has 4 saturated carbocycles. The van der Waals surface area contributed by atoms with Crippen molar-refractivity contribution in [1.82, 2.24) is 0 Å². The molecule has 0 spiro atoms. The van der Waals surface area contributed by atoms with Gasteiger partial charge in [-0.3, -0.25) is 9.59 Å². The lowest BCUT2D eigenvalue weighted by molar-refractivity contribution is -0.192. The van der Waals surface area contributed by atoms with Crippen molar-refractivity contribution < 1.29 is 14.3 Å². The molecule has 0 aromatic carbocycles. The largest absolute Gasteiger partial charge is 0.469 e. The fourth-order valence-electron chi connectivity index (χ4n) is 10.8. The molecule has 0 aromatic rings. The lowest BCUT2D eigenvalue weighted by atomic mass is 9.33. The van der Waals surface area contributed by atoms with Crippen molar-refractivity contribution in [2.75, 3.05) is 7.11 Å². The number of carbonyl (C=O) groups is 2. The van der Waals surface area contributed by atoms with Crippen LogP contribution in [0.25, 0.3) is 0 Å². The third kappa shape index (κ3) is 3.04. The third-order valence-corrected chi connectivity index (χ3v) is 13.5. The van der Waals surface area contributed by atoms with Gasteiger partial charge in [-0.2, -0.15) is 0 Å². The first kappa shape index (κ1) is 26.2. The van der Waals surface area contributed by atoms with E-state index >= 15 is 0 Å². The quantitative estimate of drug-likeness (QED) is 0.288. The van der Waals surface area contributed by atoms with Crippen molar-refractivity contribution in [3.8, 4) is 0 Å². The molecule has 5 aliphatic carbocycles. The average molecular weight is 495 g/mol. The Morgan fingerprint density at radius 1 is 1.03 bits per heavy atom. The number of ketones is 1. The van der Waals surface area contributed by atoms with Crippen molar-refractivity contribution in [2.24, 2.45) is 50.2 Å². The highest BCUT2D eigenvalue weighted by atomic mass is 16.5. The normalized spacial score (nSPS) is 49.7. The van der Waals surface area contributed by atoms with Crippen molar-refractivity contribution >= 4 is 11.8 Å². The second-order valence-electron chi connectivity index (χ2n) is 15.2. The Labute approximate surface area is 219 Å². The summed E-state index contributed by atoms with van der Waals surface area (Å²) in [6.07, 6.45) is 12.3. The predicted octanol–water partition coefficient (Wildman–Crippen LogP) is 8.09. The zero-order chi connectivity index (χ0) is 26.5. The fourth-order valence-corrected chi connectivity index (χ4v) is 10.8. The van der Waals surface area contributed by atoms with Crippen LogP contribution in [0.2, 0.25) is 0 Å². The molecule has 8 atom stereocenters. The highest BCUT2D eigenvalue weighted by Crippen LogP contribution is 2.75. The molecule has 0 saturated heterocycles. The summed E-state index contributed by atoms with van der Waals surface area (Å²) in [7, 11) is 1.54. The van der Waals surface area contributed by atoms with Crippen LogP contribution in [0.3, 0.4) is 0 Å². The third-order valence-electron chi connectivity index (χ3n) is 13.5. The number of hydrogen-bond donors (Lipinski definition) is 0. The van der Waals surface area contributed by atoms with Crippen LogP contribution in [0, 0.1) is 50.2 Å². The van der Waals surface area contributed by atoms with E-state index in [1.54, 1.807) is 0 Å². The number of allylic oxidation sites excluding steroid dienone is 3. The minimum absolute atomic E-state index is 0.0198. The van der Waals surface area contributed by atoms with E-state index in [1.807, 2.05) is 0 Å². The van der Waals surface area contributed by atoms with Gasteiger partial charge in [-0.25, -0.2) is 0 Å². The van der Waals surface area contributed by atoms with Gasteiger partial charge in [0.15, 0.2) is 5.78 Å². The van der Waals surface area contributed by atoms with Crippen LogP contribution in [0.15, 0.2) is 23.8 Å². The summed E-state index contributed by atoms with van der Waals surface area (Å²) < 4.78 is 5.46. The van der Waals surface area contributed by atoms with Gasteiger partial charge in [-0.1, -0.05) is 66.2 Å². The number of esters is 1. The molecule has 5 rings (SSSR count). The molecule has 0 aliphatic heterocycles. The Morgan fingerprint density at radius 3 is 2.33 bits per heavy atom. The molecule has 1 unspecified atom stereocenters. The van der Waals surface area contributed by atoms with Gasteiger partial charge >= 0.3 is 5.97 Å². The smallest absolute Gasteiger partial charge is 0.312 e. The summed E-state index contributed by atoms with van der Waals surface area (Å²) in [5.41, 5.74) is 2.50. The highest BCUT2D eigenvalue weighted by Gasteiger charge is 2.70. The summed E-state index contributed by atoms with van der Waals surface area (Å²) in [6.45, 7) is 21.3. The zero-order valence-electron chi connectivity index (χ0n) is 24.3.